The summed E-state index contributed by atoms with van der Waals surface area (Å²) < 4.78 is 20.5. The second-order valence-electron chi connectivity index (χ2n) is 6.60. The average Bonchev–Trinajstić information content (AvgIpc) is 2.64. The Morgan fingerprint density at radius 1 is 1.11 bits per heavy atom. The van der Waals surface area contributed by atoms with E-state index in [9.17, 15) is 18.8 Å². The molecule has 1 aromatic heterocycles. The number of halogens is 1. The molecule has 1 amide bonds. The van der Waals surface area contributed by atoms with Crippen LogP contribution in [-0.4, -0.2) is 22.5 Å². The lowest BCUT2D eigenvalue weighted by molar-refractivity contribution is 0.0378. The van der Waals surface area contributed by atoms with E-state index >= 15 is 0 Å². The smallest absolute Gasteiger partial charge is 0.338 e. The number of aromatic nitrogens is 1. The maximum absolute atomic E-state index is 14.0. The SMILES string of the molecule is CC(C)OC(=O)c1ccc(NC(=O)c2cn(C)c3c(F)cccc3c2=O)cc1. The highest BCUT2D eigenvalue weighted by Crippen LogP contribution is 2.16. The molecule has 0 aliphatic rings. The lowest BCUT2D eigenvalue weighted by atomic mass is 10.1. The van der Waals surface area contributed by atoms with Crippen molar-refractivity contribution in [1.29, 1.82) is 0 Å². The van der Waals surface area contributed by atoms with Gasteiger partial charge in [-0.1, -0.05) is 6.07 Å². The summed E-state index contributed by atoms with van der Waals surface area (Å²) in [6, 6.07) is 10.3. The molecule has 0 saturated heterocycles. The second kappa shape index (κ2) is 7.64. The number of carbonyl (C=O) groups is 2. The van der Waals surface area contributed by atoms with Crippen molar-refractivity contribution >= 4 is 28.5 Å². The van der Waals surface area contributed by atoms with Crippen molar-refractivity contribution in [3.05, 3.63) is 75.8 Å². The van der Waals surface area contributed by atoms with Crippen molar-refractivity contribution in [2.24, 2.45) is 7.05 Å². The van der Waals surface area contributed by atoms with Crippen LogP contribution in [0.1, 0.15) is 34.6 Å². The number of hydrogen-bond donors (Lipinski definition) is 1. The van der Waals surface area contributed by atoms with Gasteiger partial charge in [-0.2, -0.15) is 0 Å². The lowest BCUT2D eigenvalue weighted by Gasteiger charge is -2.11. The van der Waals surface area contributed by atoms with Gasteiger partial charge in [0.25, 0.3) is 5.91 Å². The molecule has 0 fully saturated rings. The number of amides is 1. The van der Waals surface area contributed by atoms with E-state index < -0.39 is 23.1 Å². The summed E-state index contributed by atoms with van der Waals surface area (Å²) in [5, 5.41) is 2.74. The largest absolute Gasteiger partial charge is 0.459 e. The van der Waals surface area contributed by atoms with Gasteiger partial charge in [-0.15, -0.1) is 0 Å². The van der Waals surface area contributed by atoms with Gasteiger partial charge in [0.05, 0.1) is 17.2 Å². The molecule has 0 unspecified atom stereocenters. The zero-order valence-electron chi connectivity index (χ0n) is 15.7. The van der Waals surface area contributed by atoms with Gasteiger partial charge in [0.2, 0.25) is 5.43 Å². The molecule has 3 aromatic rings. The zero-order valence-corrected chi connectivity index (χ0v) is 15.7. The molecule has 0 saturated carbocycles. The fourth-order valence-corrected chi connectivity index (χ4v) is 2.85. The molecule has 28 heavy (non-hydrogen) atoms. The van der Waals surface area contributed by atoms with Crippen LogP contribution in [0.3, 0.4) is 0 Å². The summed E-state index contributed by atoms with van der Waals surface area (Å²) in [6.07, 6.45) is 1.07. The van der Waals surface area contributed by atoms with Gasteiger partial charge < -0.3 is 14.6 Å². The molecule has 6 nitrogen and oxygen atoms in total. The van der Waals surface area contributed by atoms with Gasteiger partial charge in [-0.25, -0.2) is 9.18 Å². The highest BCUT2D eigenvalue weighted by Gasteiger charge is 2.17. The molecule has 0 radical (unpaired) electrons. The number of aryl methyl sites for hydroxylation is 1. The van der Waals surface area contributed by atoms with Crippen molar-refractivity contribution in [2.75, 3.05) is 5.32 Å². The first kappa shape index (κ1) is 19.3. The number of nitrogens with zero attached hydrogens (tertiary/aromatic N) is 1. The lowest BCUT2D eigenvalue weighted by Crippen LogP contribution is -2.23. The third-order valence-electron chi connectivity index (χ3n) is 4.12. The molecule has 144 valence electrons. The minimum atomic E-state index is -0.621. The second-order valence-corrected chi connectivity index (χ2v) is 6.60. The Bertz CT molecular complexity index is 1120. The van der Waals surface area contributed by atoms with Crippen LogP contribution in [0.2, 0.25) is 0 Å². The average molecular weight is 382 g/mol. The minimum absolute atomic E-state index is 0.108. The zero-order chi connectivity index (χ0) is 20.4. The van der Waals surface area contributed by atoms with E-state index in [1.54, 1.807) is 33.0 Å². The van der Waals surface area contributed by atoms with E-state index in [1.807, 2.05) is 0 Å². The number of carbonyl (C=O) groups excluding carboxylic acids is 2. The fourth-order valence-electron chi connectivity index (χ4n) is 2.85. The molecule has 7 heteroatoms. The highest BCUT2D eigenvalue weighted by atomic mass is 19.1. The van der Waals surface area contributed by atoms with Crippen LogP contribution in [0.15, 0.2) is 53.5 Å². The Morgan fingerprint density at radius 3 is 2.43 bits per heavy atom. The number of pyridine rings is 1. The summed E-state index contributed by atoms with van der Waals surface area (Å²) in [5.41, 5.74) is 0.236. The van der Waals surface area contributed by atoms with Gasteiger partial charge in [0, 0.05) is 24.3 Å². The molecule has 2 aromatic carbocycles. The molecule has 0 spiro atoms. The van der Waals surface area contributed by atoms with E-state index in [2.05, 4.69) is 5.32 Å². The number of hydrogen-bond acceptors (Lipinski definition) is 4. The van der Waals surface area contributed by atoms with E-state index in [1.165, 1.54) is 41.1 Å². The van der Waals surface area contributed by atoms with E-state index in [-0.39, 0.29) is 22.6 Å². The van der Waals surface area contributed by atoms with Crippen LogP contribution in [0, 0.1) is 5.82 Å². The van der Waals surface area contributed by atoms with Gasteiger partial charge in [0.15, 0.2) is 0 Å². The normalized spacial score (nSPS) is 10.9. The summed E-state index contributed by atoms with van der Waals surface area (Å²) in [4.78, 5) is 37.0. The number of ether oxygens (including phenoxy) is 1. The molecular formula is C21H19FN2O4. The van der Waals surface area contributed by atoms with Gasteiger partial charge in [0.1, 0.15) is 11.4 Å². The van der Waals surface area contributed by atoms with Crippen LogP contribution < -0.4 is 10.7 Å². The van der Waals surface area contributed by atoms with Crippen LogP contribution in [0.4, 0.5) is 10.1 Å². The van der Waals surface area contributed by atoms with Crippen LogP contribution in [-0.2, 0) is 11.8 Å². The Hall–Kier alpha value is -3.48. The van der Waals surface area contributed by atoms with Crippen molar-refractivity contribution in [3.8, 4) is 0 Å². The van der Waals surface area contributed by atoms with E-state index in [0.29, 0.717) is 11.3 Å². The van der Waals surface area contributed by atoms with Crippen molar-refractivity contribution in [2.45, 2.75) is 20.0 Å². The van der Waals surface area contributed by atoms with Crippen molar-refractivity contribution in [1.82, 2.24) is 4.57 Å². The van der Waals surface area contributed by atoms with Crippen LogP contribution in [0.5, 0.6) is 0 Å². The first-order valence-electron chi connectivity index (χ1n) is 8.68. The topological polar surface area (TPSA) is 77.4 Å². The summed E-state index contributed by atoms with van der Waals surface area (Å²) >= 11 is 0. The predicted molar refractivity (Wildman–Crippen MR) is 104 cm³/mol. The molecule has 1 heterocycles. The Balaban J connectivity index is 1.87. The number of benzene rings is 2. The Morgan fingerprint density at radius 2 is 1.79 bits per heavy atom. The molecule has 3 rings (SSSR count). The predicted octanol–water partition coefficient (Wildman–Crippen LogP) is 3.50. The summed E-state index contributed by atoms with van der Waals surface area (Å²) in [5.74, 6) is -1.62. The Kier molecular flexibility index (Phi) is 5.26. The summed E-state index contributed by atoms with van der Waals surface area (Å²) in [6.45, 7) is 3.50. The van der Waals surface area contributed by atoms with Crippen LogP contribution in [0.25, 0.3) is 10.9 Å². The molecule has 0 atom stereocenters. The summed E-state index contributed by atoms with van der Waals surface area (Å²) in [7, 11) is 1.57. The third-order valence-corrected chi connectivity index (χ3v) is 4.12. The standard InChI is InChI=1S/C21H19FN2O4/c1-12(2)28-21(27)13-7-9-14(10-8-13)23-20(26)16-11-24(3)18-15(19(16)25)5-4-6-17(18)22/h4-12H,1-3H3,(H,23,26). The quantitative estimate of drug-likeness (QED) is 0.701. The van der Waals surface area contributed by atoms with E-state index in [4.69, 9.17) is 4.74 Å². The Labute approximate surface area is 160 Å². The van der Waals surface area contributed by atoms with Crippen molar-refractivity contribution < 1.29 is 18.7 Å². The first-order chi connectivity index (χ1) is 13.3. The number of esters is 1. The van der Waals surface area contributed by atoms with E-state index in [0.717, 1.165) is 0 Å². The molecule has 0 aliphatic heterocycles. The monoisotopic (exact) mass is 382 g/mol. The molecule has 1 N–H and O–H groups in total. The number of rotatable bonds is 4. The maximum atomic E-state index is 14.0. The van der Waals surface area contributed by atoms with Gasteiger partial charge in [-0.3, -0.25) is 9.59 Å². The fraction of sp³-hybridized carbons (Fsp3) is 0.190. The molecule has 0 aliphatic carbocycles. The van der Waals surface area contributed by atoms with Gasteiger partial charge in [-0.05, 0) is 50.2 Å². The first-order valence-corrected chi connectivity index (χ1v) is 8.68. The van der Waals surface area contributed by atoms with Crippen molar-refractivity contribution in [3.63, 3.8) is 0 Å². The maximum Gasteiger partial charge on any atom is 0.338 e. The number of fused-ring (bicyclic) bond motifs is 1. The van der Waals surface area contributed by atoms with Crippen LogP contribution >= 0.6 is 0 Å². The third kappa shape index (κ3) is 3.78. The van der Waals surface area contributed by atoms with Gasteiger partial charge >= 0.3 is 5.97 Å². The number of para-hydroxylation sites is 1. The number of anilines is 1. The molecule has 0 bridgehead atoms. The molecular weight excluding hydrogens is 363 g/mol. The minimum Gasteiger partial charge on any atom is -0.459 e. The number of nitrogens with one attached hydrogen (secondary N) is 1. The highest BCUT2D eigenvalue weighted by molar-refractivity contribution is 6.06.